The lowest BCUT2D eigenvalue weighted by atomic mass is 10.2. The molecule has 2 heterocycles. The lowest BCUT2D eigenvalue weighted by Crippen LogP contribution is -2.26. The third-order valence-corrected chi connectivity index (χ3v) is 4.62. The Bertz CT molecular complexity index is 885. The summed E-state index contributed by atoms with van der Waals surface area (Å²) in [5.41, 5.74) is 0.908. The van der Waals surface area contributed by atoms with E-state index in [-0.39, 0.29) is 11.4 Å². The van der Waals surface area contributed by atoms with Crippen LogP contribution in [0, 0.1) is 0 Å². The highest BCUT2D eigenvalue weighted by Crippen LogP contribution is 2.13. The number of aryl methyl sites for hydroxylation is 1. The summed E-state index contributed by atoms with van der Waals surface area (Å²) in [7, 11) is -1.89. The topological polar surface area (TPSA) is 106 Å². The van der Waals surface area contributed by atoms with Gasteiger partial charge in [0, 0.05) is 31.8 Å². The van der Waals surface area contributed by atoms with E-state index in [0.29, 0.717) is 18.1 Å². The van der Waals surface area contributed by atoms with Gasteiger partial charge in [-0.05, 0) is 0 Å². The van der Waals surface area contributed by atoms with E-state index in [1.165, 1.54) is 17.1 Å². The maximum atomic E-state index is 12.1. The fourth-order valence-electron chi connectivity index (χ4n) is 2.05. The molecule has 8 nitrogen and oxygen atoms in total. The zero-order chi connectivity index (χ0) is 16.3. The number of aromatic amines is 1. The third-order valence-electron chi connectivity index (χ3n) is 3.21. The molecule has 0 bridgehead atoms. The van der Waals surface area contributed by atoms with Gasteiger partial charge >= 0.3 is 0 Å². The highest BCUT2D eigenvalue weighted by Gasteiger charge is 2.15. The van der Waals surface area contributed by atoms with Crippen LogP contribution in [0.5, 0.6) is 0 Å². The smallest absolute Gasteiger partial charge is 0.243 e. The van der Waals surface area contributed by atoms with Gasteiger partial charge in [-0.2, -0.15) is 10.2 Å². The van der Waals surface area contributed by atoms with Crippen LogP contribution >= 0.6 is 0 Å². The summed E-state index contributed by atoms with van der Waals surface area (Å²) in [5.74, 6) is 1.22. The Morgan fingerprint density at radius 3 is 2.74 bits per heavy atom. The van der Waals surface area contributed by atoms with Gasteiger partial charge in [0.2, 0.25) is 10.0 Å². The van der Waals surface area contributed by atoms with Crippen LogP contribution in [0.3, 0.4) is 0 Å². The van der Waals surface area contributed by atoms with Gasteiger partial charge in [-0.25, -0.2) is 18.1 Å². The molecule has 120 valence electrons. The van der Waals surface area contributed by atoms with Crippen LogP contribution in [0.4, 0.5) is 0 Å². The van der Waals surface area contributed by atoms with E-state index in [4.69, 9.17) is 0 Å². The third kappa shape index (κ3) is 3.63. The highest BCUT2D eigenvalue weighted by molar-refractivity contribution is 7.89. The minimum Gasteiger partial charge on any atom is -0.274 e. The molecule has 23 heavy (non-hydrogen) atoms. The van der Waals surface area contributed by atoms with E-state index in [1.807, 2.05) is 30.3 Å². The molecule has 0 saturated heterocycles. The van der Waals surface area contributed by atoms with Crippen molar-refractivity contribution in [1.82, 2.24) is 29.7 Å². The fraction of sp³-hybridized carbons (Fsp3) is 0.214. The van der Waals surface area contributed by atoms with Crippen molar-refractivity contribution in [1.29, 1.82) is 0 Å². The predicted octanol–water partition coefficient (Wildman–Crippen LogP) is 0.726. The lowest BCUT2D eigenvalue weighted by Gasteiger charge is -2.02. The first kappa shape index (κ1) is 15.4. The maximum Gasteiger partial charge on any atom is 0.243 e. The lowest BCUT2D eigenvalue weighted by molar-refractivity contribution is 0.580. The summed E-state index contributed by atoms with van der Waals surface area (Å²) in [6.07, 6.45) is 3.17. The van der Waals surface area contributed by atoms with Gasteiger partial charge in [0.1, 0.15) is 10.7 Å². The molecule has 0 spiro atoms. The first-order valence-electron chi connectivity index (χ1n) is 6.99. The van der Waals surface area contributed by atoms with Crippen molar-refractivity contribution in [3.8, 4) is 11.4 Å². The van der Waals surface area contributed by atoms with Gasteiger partial charge in [-0.3, -0.25) is 9.78 Å². The van der Waals surface area contributed by atoms with E-state index in [1.54, 1.807) is 7.05 Å². The molecule has 2 aromatic heterocycles. The predicted molar refractivity (Wildman–Crippen MR) is 83.9 cm³/mol. The molecule has 0 aliphatic carbocycles. The Labute approximate surface area is 133 Å². The van der Waals surface area contributed by atoms with Crippen molar-refractivity contribution in [2.24, 2.45) is 7.05 Å². The van der Waals surface area contributed by atoms with Crippen molar-refractivity contribution in [2.45, 2.75) is 11.3 Å². The molecule has 0 radical (unpaired) electrons. The summed E-state index contributed by atoms with van der Waals surface area (Å²) in [6, 6.07) is 9.57. The molecule has 0 saturated carbocycles. The summed E-state index contributed by atoms with van der Waals surface area (Å²) < 4.78 is 28.1. The second-order valence-electron chi connectivity index (χ2n) is 4.97. The van der Waals surface area contributed by atoms with Crippen molar-refractivity contribution >= 4 is 10.0 Å². The van der Waals surface area contributed by atoms with Gasteiger partial charge in [-0.1, -0.05) is 30.3 Å². The first-order chi connectivity index (χ1) is 11.0. The zero-order valence-electron chi connectivity index (χ0n) is 12.5. The molecule has 3 aromatic rings. The quantitative estimate of drug-likeness (QED) is 0.692. The Kier molecular flexibility index (Phi) is 4.22. The molecule has 1 aromatic carbocycles. The Morgan fingerprint density at radius 1 is 1.26 bits per heavy atom. The number of hydrogen-bond donors (Lipinski definition) is 2. The molecule has 0 aliphatic heterocycles. The number of nitrogens with zero attached hydrogens (tertiary/aromatic N) is 4. The number of benzene rings is 1. The van der Waals surface area contributed by atoms with Gasteiger partial charge in [-0.15, -0.1) is 0 Å². The van der Waals surface area contributed by atoms with Crippen LogP contribution in [-0.4, -0.2) is 39.9 Å². The molecular formula is C14H16N6O2S. The normalized spacial score (nSPS) is 11.7. The number of hydrogen-bond acceptors (Lipinski definition) is 5. The molecule has 0 atom stereocenters. The largest absolute Gasteiger partial charge is 0.274 e. The van der Waals surface area contributed by atoms with Crippen molar-refractivity contribution < 1.29 is 8.42 Å². The molecule has 3 rings (SSSR count). The van der Waals surface area contributed by atoms with Gasteiger partial charge in [0.25, 0.3) is 0 Å². The molecule has 0 unspecified atom stereocenters. The van der Waals surface area contributed by atoms with Crippen LogP contribution in [0.2, 0.25) is 0 Å². The second kappa shape index (κ2) is 6.31. The van der Waals surface area contributed by atoms with E-state index >= 15 is 0 Å². The zero-order valence-corrected chi connectivity index (χ0v) is 13.3. The van der Waals surface area contributed by atoms with Crippen LogP contribution in [0.15, 0.2) is 47.6 Å². The van der Waals surface area contributed by atoms with Crippen LogP contribution in [0.25, 0.3) is 11.4 Å². The van der Waals surface area contributed by atoms with Crippen molar-refractivity contribution in [3.63, 3.8) is 0 Å². The minimum absolute atomic E-state index is 0.141. The van der Waals surface area contributed by atoms with Crippen molar-refractivity contribution in [3.05, 3.63) is 48.5 Å². The minimum atomic E-state index is -3.55. The Hall–Kier alpha value is -2.52. The van der Waals surface area contributed by atoms with Crippen LogP contribution in [-0.2, 0) is 23.5 Å². The van der Waals surface area contributed by atoms with Crippen LogP contribution in [0.1, 0.15) is 5.82 Å². The summed E-state index contributed by atoms with van der Waals surface area (Å²) in [4.78, 5) is 4.50. The van der Waals surface area contributed by atoms with Crippen molar-refractivity contribution in [2.75, 3.05) is 6.54 Å². The summed E-state index contributed by atoms with van der Waals surface area (Å²) in [6.45, 7) is 0.223. The number of H-pyrrole nitrogens is 1. The molecule has 2 N–H and O–H groups in total. The number of aromatic nitrogens is 5. The number of rotatable bonds is 6. The van der Waals surface area contributed by atoms with Gasteiger partial charge < -0.3 is 0 Å². The fourth-order valence-corrected chi connectivity index (χ4v) is 3.06. The molecule has 0 aliphatic rings. The molecule has 9 heteroatoms. The molecule has 0 fully saturated rings. The highest BCUT2D eigenvalue weighted by atomic mass is 32.2. The van der Waals surface area contributed by atoms with Gasteiger partial charge in [0.05, 0.1) is 6.20 Å². The average Bonchev–Trinajstić information content (AvgIpc) is 3.17. The SMILES string of the molecule is Cn1cc(S(=O)(=O)NCCc2nc(-c3ccccc3)n[nH]2)cn1. The Balaban J connectivity index is 1.60. The van der Waals surface area contributed by atoms with Crippen LogP contribution < -0.4 is 4.72 Å². The maximum absolute atomic E-state index is 12.1. The number of sulfonamides is 1. The first-order valence-corrected chi connectivity index (χ1v) is 8.48. The second-order valence-corrected chi connectivity index (χ2v) is 6.74. The molecule has 0 amide bonds. The van der Waals surface area contributed by atoms with Gasteiger partial charge in [0.15, 0.2) is 5.82 Å². The summed E-state index contributed by atoms with van der Waals surface area (Å²) in [5, 5.41) is 10.8. The molecular weight excluding hydrogens is 316 g/mol. The summed E-state index contributed by atoms with van der Waals surface area (Å²) >= 11 is 0. The van der Waals surface area contributed by atoms with E-state index in [0.717, 1.165) is 5.56 Å². The number of nitrogens with one attached hydrogen (secondary N) is 2. The monoisotopic (exact) mass is 332 g/mol. The van der Waals surface area contributed by atoms with E-state index < -0.39 is 10.0 Å². The standard InChI is InChI=1S/C14H16N6O2S/c1-20-10-12(9-15-20)23(21,22)16-8-7-13-17-14(19-18-13)11-5-3-2-4-6-11/h2-6,9-10,16H,7-8H2,1H3,(H,17,18,19). The average molecular weight is 332 g/mol. The van der Waals surface area contributed by atoms with E-state index in [9.17, 15) is 8.42 Å². The Morgan fingerprint density at radius 2 is 2.04 bits per heavy atom. The van der Waals surface area contributed by atoms with E-state index in [2.05, 4.69) is 25.0 Å².